The van der Waals surface area contributed by atoms with E-state index in [0.29, 0.717) is 28.0 Å². The maximum atomic E-state index is 12.2. The highest BCUT2D eigenvalue weighted by atomic mass is 32.1. The number of hydrogen-bond donors (Lipinski definition) is 2. The molecule has 23 heavy (non-hydrogen) atoms. The lowest BCUT2D eigenvalue weighted by atomic mass is 10.2. The summed E-state index contributed by atoms with van der Waals surface area (Å²) in [6.07, 6.45) is 0.462. The molecule has 2 rings (SSSR count). The van der Waals surface area contributed by atoms with Crippen molar-refractivity contribution in [1.29, 1.82) is 0 Å². The van der Waals surface area contributed by atoms with Gasteiger partial charge in [-0.3, -0.25) is 9.69 Å². The third-order valence-corrected chi connectivity index (χ3v) is 4.18. The van der Waals surface area contributed by atoms with E-state index in [2.05, 4.69) is 10.3 Å². The zero-order valence-electron chi connectivity index (χ0n) is 13.2. The Morgan fingerprint density at radius 1 is 1.48 bits per heavy atom. The third kappa shape index (κ3) is 4.32. The molecule has 0 spiro atoms. The molecule has 0 atom stereocenters. The fourth-order valence-corrected chi connectivity index (χ4v) is 2.96. The number of amides is 2. The van der Waals surface area contributed by atoms with Crippen LogP contribution in [0, 0.1) is 12.8 Å². The van der Waals surface area contributed by atoms with Gasteiger partial charge < -0.3 is 14.8 Å². The number of anilines is 1. The highest BCUT2D eigenvalue weighted by Gasteiger charge is 2.23. The van der Waals surface area contributed by atoms with Gasteiger partial charge in [-0.25, -0.2) is 9.78 Å². The molecule has 8 heteroatoms. The highest BCUT2D eigenvalue weighted by molar-refractivity contribution is 7.17. The Kier molecular flexibility index (Phi) is 5.38. The molecule has 0 aliphatic heterocycles. The van der Waals surface area contributed by atoms with E-state index >= 15 is 0 Å². The second-order valence-corrected chi connectivity index (χ2v) is 6.44. The number of furan rings is 1. The Labute approximate surface area is 137 Å². The average Bonchev–Trinajstić information content (AvgIpc) is 3.11. The van der Waals surface area contributed by atoms with Crippen molar-refractivity contribution < 1.29 is 19.1 Å². The van der Waals surface area contributed by atoms with Crippen molar-refractivity contribution in [3.63, 3.8) is 0 Å². The molecule has 2 amide bonds. The van der Waals surface area contributed by atoms with Crippen molar-refractivity contribution >= 4 is 28.5 Å². The van der Waals surface area contributed by atoms with E-state index in [0.717, 1.165) is 11.3 Å². The van der Waals surface area contributed by atoms with Gasteiger partial charge in [0.2, 0.25) is 0 Å². The zero-order valence-corrected chi connectivity index (χ0v) is 14.0. The van der Waals surface area contributed by atoms with Crippen LogP contribution >= 0.6 is 11.3 Å². The highest BCUT2D eigenvalue weighted by Crippen LogP contribution is 2.27. The van der Waals surface area contributed by atoms with E-state index in [9.17, 15) is 14.7 Å². The van der Waals surface area contributed by atoms with Crippen LogP contribution in [0.15, 0.2) is 22.8 Å². The molecule has 0 aromatic carbocycles. The molecule has 124 valence electrons. The molecule has 0 saturated carbocycles. The first kappa shape index (κ1) is 17.0. The zero-order chi connectivity index (χ0) is 17.0. The van der Waals surface area contributed by atoms with Gasteiger partial charge in [0.1, 0.15) is 10.6 Å². The number of thiazole rings is 1. The number of nitrogens with one attached hydrogen (secondary N) is 1. The maximum Gasteiger partial charge on any atom is 0.413 e. The summed E-state index contributed by atoms with van der Waals surface area (Å²) < 4.78 is 5.16. The third-order valence-electron chi connectivity index (χ3n) is 3.00. The predicted octanol–water partition coefficient (Wildman–Crippen LogP) is 3.11. The molecule has 2 heterocycles. The lowest BCUT2D eigenvalue weighted by Crippen LogP contribution is -2.32. The molecule has 2 aromatic heterocycles. The van der Waals surface area contributed by atoms with Crippen LogP contribution in [0.5, 0.6) is 0 Å². The van der Waals surface area contributed by atoms with Crippen molar-refractivity contribution in [2.75, 3.05) is 11.4 Å². The van der Waals surface area contributed by atoms with Gasteiger partial charge in [-0.2, -0.15) is 0 Å². The first-order valence-electron chi connectivity index (χ1n) is 7.17. The van der Waals surface area contributed by atoms with Gasteiger partial charge in [0.05, 0.1) is 18.5 Å². The van der Waals surface area contributed by atoms with Gasteiger partial charge in [0.25, 0.3) is 5.91 Å². The van der Waals surface area contributed by atoms with Crippen LogP contribution in [0.2, 0.25) is 0 Å². The summed E-state index contributed by atoms with van der Waals surface area (Å²) in [4.78, 5) is 29.4. The number of carboxylic acid groups (broad SMARTS) is 1. The Morgan fingerprint density at radius 2 is 2.22 bits per heavy atom. The summed E-state index contributed by atoms with van der Waals surface area (Å²) in [6, 6.07) is 3.51. The Morgan fingerprint density at radius 3 is 2.78 bits per heavy atom. The number of rotatable bonds is 6. The van der Waals surface area contributed by atoms with Crippen LogP contribution in [0.1, 0.15) is 35.0 Å². The molecule has 0 saturated heterocycles. The molecule has 0 bridgehead atoms. The molecule has 0 unspecified atom stereocenters. The molecular formula is C15H19N3O4S. The van der Waals surface area contributed by atoms with Crippen LogP contribution < -0.4 is 10.2 Å². The Bertz CT molecular complexity index is 679. The Balaban J connectivity index is 2.12. The van der Waals surface area contributed by atoms with Crippen LogP contribution in [-0.2, 0) is 6.54 Å². The van der Waals surface area contributed by atoms with Crippen LogP contribution in [0.25, 0.3) is 0 Å². The minimum Gasteiger partial charge on any atom is -0.467 e. The van der Waals surface area contributed by atoms with E-state index in [4.69, 9.17) is 4.42 Å². The van der Waals surface area contributed by atoms with E-state index < -0.39 is 6.09 Å². The minimum absolute atomic E-state index is 0.159. The standard InChI is InChI=1S/C15H19N3O4S/c1-9(2)8-18(15(20)21)14-17-10(3)12(23-14)13(19)16-7-11-5-4-6-22-11/h4-6,9H,7-8H2,1-3H3,(H,16,19)(H,20,21). The second-order valence-electron chi connectivity index (χ2n) is 5.46. The van der Waals surface area contributed by atoms with Gasteiger partial charge in [-0.1, -0.05) is 25.2 Å². The van der Waals surface area contributed by atoms with E-state index in [-0.39, 0.29) is 18.4 Å². The minimum atomic E-state index is -1.07. The fraction of sp³-hybridized carbons (Fsp3) is 0.400. The summed E-state index contributed by atoms with van der Waals surface area (Å²) >= 11 is 1.07. The van der Waals surface area contributed by atoms with Crippen molar-refractivity contribution in [1.82, 2.24) is 10.3 Å². The van der Waals surface area contributed by atoms with Crippen LogP contribution in [0.3, 0.4) is 0 Å². The molecule has 2 aromatic rings. The summed E-state index contributed by atoms with van der Waals surface area (Å²) in [5.74, 6) is 0.511. The second kappa shape index (κ2) is 7.28. The maximum absolute atomic E-state index is 12.2. The topological polar surface area (TPSA) is 95.7 Å². The predicted molar refractivity (Wildman–Crippen MR) is 86.9 cm³/mol. The number of hydrogen-bond acceptors (Lipinski definition) is 5. The Hall–Kier alpha value is -2.35. The van der Waals surface area contributed by atoms with Crippen LogP contribution in [0.4, 0.5) is 9.93 Å². The van der Waals surface area contributed by atoms with Crippen molar-refractivity contribution in [3.05, 3.63) is 34.7 Å². The number of carbonyl (C=O) groups is 2. The number of aryl methyl sites for hydroxylation is 1. The van der Waals surface area contributed by atoms with Gasteiger partial charge in [-0.15, -0.1) is 0 Å². The molecular weight excluding hydrogens is 318 g/mol. The summed E-state index contributed by atoms with van der Waals surface area (Å²) in [5, 5.41) is 12.4. The number of nitrogens with zero attached hydrogens (tertiary/aromatic N) is 2. The van der Waals surface area contributed by atoms with E-state index in [1.807, 2.05) is 13.8 Å². The van der Waals surface area contributed by atoms with Crippen molar-refractivity contribution in [3.8, 4) is 0 Å². The molecule has 2 N–H and O–H groups in total. The largest absolute Gasteiger partial charge is 0.467 e. The van der Waals surface area contributed by atoms with Crippen LogP contribution in [-0.4, -0.2) is 28.6 Å². The first-order valence-corrected chi connectivity index (χ1v) is 7.98. The SMILES string of the molecule is Cc1nc(N(CC(C)C)C(=O)O)sc1C(=O)NCc1ccco1. The number of carbonyl (C=O) groups excluding carboxylic acids is 1. The number of aromatic nitrogens is 1. The molecule has 0 fully saturated rings. The summed E-state index contributed by atoms with van der Waals surface area (Å²) in [6.45, 7) is 6.14. The van der Waals surface area contributed by atoms with Gasteiger partial charge in [0.15, 0.2) is 5.13 Å². The quantitative estimate of drug-likeness (QED) is 0.844. The smallest absolute Gasteiger partial charge is 0.413 e. The van der Waals surface area contributed by atoms with E-state index in [1.165, 1.54) is 11.2 Å². The van der Waals surface area contributed by atoms with Gasteiger partial charge in [-0.05, 0) is 25.0 Å². The van der Waals surface area contributed by atoms with E-state index in [1.54, 1.807) is 19.1 Å². The van der Waals surface area contributed by atoms with Gasteiger partial charge in [0, 0.05) is 6.54 Å². The fourth-order valence-electron chi connectivity index (χ4n) is 1.97. The summed E-state index contributed by atoms with van der Waals surface area (Å²) in [7, 11) is 0. The van der Waals surface area contributed by atoms with Crippen molar-refractivity contribution in [2.45, 2.75) is 27.3 Å². The molecule has 0 aliphatic carbocycles. The molecule has 7 nitrogen and oxygen atoms in total. The molecule has 0 aliphatic rings. The van der Waals surface area contributed by atoms with Crippen molar-refractivity contribution in [2.24, 2.45) is 5.92 Å². The lowest BCUT2D eigenvalue weighted by molar-refractivity contribution is 0.0951. The lowest BCUT2D eigenvalue weighted by Gasteiger charge is -2.17. The summed E-state index contributed by atoms with van der Waals surface area (Å²) in [5.41, 5.74) is 0.511. The molecule has 0 radical (unpaired) electrons. The van der Waals surface area contributed by atoms with Gasteiger partial charge >= 0.3 is 6.09 Å². The normalized spacial score (nSPS) is 10.8. The first-order chi connectivity index (χ1) is 10.9. The average molecular weight is 337 g/mol. The monoisotopic (exact) mass is 337 g/mol.